The molecule has 0 saturated carbocycles. The van der Waals surface area contributed by atoms with Crippen LogP contribution < -0.4 is 5.32 Å². The first-order valence-corrected chi connectivity index (χ1v) is 8.63. The second kappa shape index (κ2) is 6.36. The van der Waals surface area contributed by atoms with Gasteiger partial charge in [0.15, 0.2) is 0 Å². The molecule has 0 radical (unpaired) electrons. The van der Waals surface area contributed by atoms with Gasteiger partial charge >= 0.3 is 12.2 Å². The van der Waals surface area contributed by atoms with Crippen LogP contribution in [0.25, 0.3) is 11.3 Å². The highest BCUT2D eigenvalue weighted by molar-refractivity contribution is 5.90. The van der Waals surface area contributed by atoms with E-state index in [2.05, 4.69) is 5.32 Å². The molecule has 3 rings (SSSR count). The summed E-state index contributed by atoms with van der Waals surface area (Å²) in [5.74, 6) is 0. The van der Waals surface area contributed by atoms with Crippen LogP contribution in [-0.4, -0.2) is 27.3 Å². The summed E-state index contributed by atoms with van der Waals surface area (Å²) in [4.78, 5) is 35.2. The Bertz CT molecular complexity index is 984. The molecule has 28 heavy (non-hydrogen) atoms. The largest absolute Gasteiger partial charge is 0.443 e. The van der Waals surface area contributed by atoms with Crippen LogP contribution in [0.5, 0.6) is 0 Å². The van der Waals surface area contributed by atoms with Gasteiger partial charge in [-0.25, -0.2) is 14.2 Å². The van der Waals surface area contributed by atoms with Crippen molar-refractivity contribution in [1.82, 2.24) is 4.57 Å². The third-order valence-electron chi connectivity index (χ3n) is 4.18. The van der Waals surface area contributed by atoms with Crippen LogP contribution in [0.4, 0.5) is 21.0 Å². The fourth-order valence-electron chi connectivity index (χ4n) is 3.04. The molecule has 1 aromatic heterocycles. The topological polar surface area (TPSA) is 113 Å². The molecular formula is C19H21N3O6. The van der Waals surface area contributed by atoms with E-state index in [9.17, 15) is 19.7 Å². The summed E-state index contributed by atoms with van der Waals surface area (Å²) in [7, 11) is 0. The number of benzene rings is 1. The number of amides is 1. The number of carbonyl (C=O) groups is 2. The SMILES string of the molecule is CC(C)(C)OC(=O)n1ccc([N+](=O)[O-])c1-c1ccc2c(c1)C(C)(C)OC(=O)N2. The Morgan fingerprint density at radius 2 is 1.96 bits per heavy atom. The number of fused-ring (bicyclic) bond motifs is 1. The van der Waals surface area contributed by atoms with Gasteiger partial charge in [-0.2, -0.15) is 0 Å². The number of nitro groups is 1. The molecule has 1 aliphatic heterocycles. The Balaban J connectivity index is 2.16. The van der Waals surface area contributed by atoms with Crippen LogP contribution in [0, 0.1) is 10.1 Å². The Hall–Kier alpha value is -3.36. The van der Waals surface area contributed by atoms with Crippen molar-refractivity contribution >= 4 is 23.6 Å². The van der Waals surface area contributed by atoms with E-state index in [0.717, 1.165) is 4.57 Å². The van der Waals surface area contributed by atoms with Gasteiger partial charge in [0.1, 0.15) is 16.9 Å². The predicted octanol–water partition coefficient (Wildman–Crippen LogP) is 4.64. The van der Waals surface area contributed by atoms with Gasteiger partial charge in [-0.15, -0.1) is 0 Å². The third kappa shape index (κ3) is 3.55. The zero-order chi connectivity index (χ0) is 20.9. The predicted molar refractivity (Wildman–Crippen MR) is 101 cm³/mol. The smallest absolute Gasteiger partial charge is 0.419 e. The van der Waals surface area contributed by atoms with Crippen LogP contribution >= 0.6 is 0 Å². The minimum absolute atomic E-state index is 0.0924. The zero-order valence-electron chi connectivity index (χ0n) is 16.2. The summed E-state index contributed by atoms with van der Waals surface area (Å²) < 4.78 is 11.8. The molecule has 0 atom stereocenters. The summed E-state index contributed by atoms with van der Waals surface area (Å²) in [5.41, 5.74) is -0.234. The highest BCUT2D eigenvalue weighted by Crippen LogP contribution is 2.40. The van der Waals surface area contributed by atoms with Crippen molar-refractivity contribution in [2.24, 2.45) is 0 Å². The first kappa shape index (κ1) is 19.4. The van der Waals surface area contributed by atoms with Crippen molar-refractivity contribution in [3.8, 4) is 11.3 Å². The number of rotatable bonds is 2. The fraction of sp³-hybridized carbons (Fsp3) is 0.368. The lowest BCUT2D eigenvalue weighted by molar-refractivity contribution is -0.384. The molecule has 0 bridgehead atoms. The van der Waals surface area contributed by atoms with E-state index in [-0.39, 0.29) is 11.4 Å². The molecule has 1 aromatic carbocycles. The molecule has 2 heterocycles. The molecule has 0 saturated heterocycles. The number of nitrogens with one attached hydrogen (secondary N) is 1. The Kier molecular flexibility index (Phi) is 4.41. The van der Waals surface area contributed by atoms with Gasteiger partial charge in [0.05, 0.1) is 10.6 Å². The highest BCUT2D eigenvalue weighted by Gasteiger charge is 2.35. The third-order valence-corrected chi connectivity index (χ3v) is 4.18. The van der Waals surface area contributed by atoms with Gasteiger partial charge in [-0.05, 0) is 46.8 Å². The van der Waals surface area contributed by atoms with Gasteiger partial charge in [0.25, 0.3) is 5.69 Å². The minimum Gasteiger partial charge on any atom is -0.443 e. The monoisotopic (exact) mass is 387 g/mol. The van der Waals surface area contributed by atoms with E-state index in [1.54, 1.807) is 52.8 Å². The molecule has 1 N–H and O–H groups in total. The molecule has 1 aliphatic rings. The lowest BCUT2D eigenvalue weighted by Gasteiger charge is -2.32. The average molecular weight is 387 g/mol. The summed E-state index contributed by atoms with van der Waals surface area (Å²) in [6.45, 7) is 8.57. The molecule has 9 nitrogen and oxygen atoms in total. The van der Waals surface area contributed by atoms with E-state index in [0.29, 0.717) is 16.8 Å². The normalized spacial score (nSPS) is 15.2. The van der Waals surface area contributed by atoms with Crippen molar-refractivity contribution in [3.05, 3.63) is 46.1 Å². The molecule has 0 unspecified atom stereocenters. The molecule has 0 fully saturated rings. The maximum Gasteiger partial charge on any atom is 0.419 e. The van der Waals surface area contributed by atoms with Gasteiger partial charge < -0.3 is 9.47 Å². The number of hydrogen-bond acceptors (Lipinski definition) is 6. The summed E-state index contributed by atoms with van der Waals surface area (Å²) in [6, 6.07) is 6.15. The van der Waals surface area contributed by atoms with Crippen molar-refractivity contribution in [1.29, 1.82) is 0 Å². The average Bonchev–Trinajstić information content (AvgIpc) is 2.97. The summed E-state index contributed by atoms with van der Waals surface area (Å²) >= 11 is 0. The summed E-state index contributed by atoms with van der Waals surface area (Å²) in [5, 5.41) is 14.1. The second-order valence-electron chi connectivity index (χ2n) is 7.94. The van der Waals surface area contributed by atoms with Crippen molar-refractivity contribution in [2.45, 2.75) is 45.8 Å². The van der Waals surface area contributed by atoms with E-state index in [1.165, 1.54) is 12.3 Å². The van der Waals surface area contributed by atoms with E-state index in [4.69, 9.17) is 9.47 Å². The number of cyclic esters (lactones) is 1. The van der Waals surface area contributed by atoms with Crippen molar-refractivity contribution in [2.75, 3.05) is 5.32 Å². The maximum atomic E-state index is 12.6. The van der Waals surface area contributed by atoms with Crippen LogP contribution in [0.15, 0.2) is 30.5 Å². The molecule has 2 aromatic rings. The van der Waals surface area contributed by atoms with E-state index >= 15 is 0 Å². The first-order valence-electron chi connectivity index (χ1n) is 8.63. The second-order valence-corrected chi connectivity index (χ2v) is 7.94. The molecule has 0 spiro atoms. The molecule has 148 valence electrons. The number of hydrogen-bond donors (Lipinski definition) is 1. The summed E-state index contributed by atoms with van der Waals surface area (Å²) in [6.07, 6.45) is 0.00946. The molecular weight excluding hydrogens is 366 g/mol. The van der Waals surface area contributed by atoms with Gasteiger partial charge in [0.2, 0.25) is 0 Å². The minimum atomic E-state index is -0.939. The van der Waals surface area contributed by atoms with Gasteiger partial charge in [0, 0.05) is 23.4 Å². The van der Waals surface area contributed by atoms with Crippen molar-refractivity contribution < 1.29 is 24.0 Å². The van der Waals surface area contributed by atoms with Gasteiger partial charge in [-0.3, -0.25) is 15.4 Å². The lowest BCUT2D eigenvalue weighted by Crippen LogP contribution is -2.34. The standard InChI is InChI=1S/C19H21N3O6/c1-18(2,3)28-17(24)21-9-8-14(22(25)26)15(21)11-6-7-13-12(10-11)19(4,5)27-16(23)20-13/h6-10H,1-5H3,(H,20,23). The van der Waals surface area contributed by atoms with Crippen LogP contribution in [-0.2, 0) is 15.1 Å². The fourth-order valence-corrected chi connectivity index (χ4v) is 3.04. The van der Waals surface area contributed by atoms with Crippen LogP contribution in [0.2, 0.25) is 0 Å². The van der Waals surface area contributed by atoms with E-state index < -0.39 is 28.3 Å². The first-order chi connectivity index (χ1) is 12.9. The molecule has 0 aliphatic carbocycles. The number of carbonyl (C=O) groups excluding carboxylic acids is 2. The van der Waals surface area contributed by atoms with Gasteiger partial charge in [-0.1, -0.05) is 6.07 Å². The van der Waals surface area contributed by atoms with E-state index in [1.807, 2.05) is 0 Å². The molecule has 1 amide bonds. The highest BCUT2D eigenvalue weighted by atomic mass is 16.6. The number of anilines is 1. The number of ether oxygens (including phenoxy) is 2. The van der Waals surface area contributed by atoms with Crippen molar-refractivity contribution in [3.63, 3.8) is 0 Å². The number of aromatic nitrogens is 1. The van der Waals surface area contributed by atoms with Crippen LogP contribution in [0.3, 0.4) is 0 Å². The Morgan fingerprint density at radius 1 is 1.29 bits per heavy atom. The Morgan fingerprint density at radius 3 is 2.57 bits per heavy atom. The molecule has 9 heteroatoms. The number of nitrogens with zero attached hydrogens (tertiary/aromatic N) is 2. The lowest BCUT2D eigenvalue weighted by atomic mass is 9.92. The maximum absolute atomic E-state index is 12.6. The van der Waals surface area contributed by atoms with Crippen LogP contribution in [0.1, 0.15) is 40.2 Å². The Labute approximate surface area is 161 Å². The quantitative estimate of drug-likeness (QED) is 0.593. The zero-order valence-corrected chi connectivity index (χ0v) is 16.2.